The van der Waals surface area contributed by atoms with E-state index in [0.717, 1.165) is 42.4 Å². The van der Waals surface area contributed by atoms with Gasteiger partial charge in [0.15, 0.2) is 0 Å². The number of piperidine rings is 1. The number of benzene rings is 1. The number of hydrogen-bond acceptors (Lipinski definition) is 3. The number of methoxy groups -OCH3 is 1. The summed E-state index contributed by atoms with van der Waals surface area (Å²) in [5.74, 6) is 0.625. The predicted octanol–water partition coefficient (Wildman–Crippen LogP) is 2.28. The van der Waals surface area contributed by atoms with Crippen molar-refractivity contribution in [1.82, 2.24) is 20.5 Å². The number of urea groups is 1. The molecule has 0 saturated carbocycles. The van der Waals surface area contributed by atoms with Gasteiger partial charge in [0.25, 0.3) is 0 Å². The smallest absolute Gasteiger partial charge is 0.315 e. The third-order valence-corrected chi connectivity index (χ3v) is 5.39. The fourth-order valence-corrected chi connectivity index (χ4v) is 3.65. The minimum absolute atomic E-state index is 0.0147. The number of ether oxygens (including phenoxy) is 1. The van der Waals surface area contributed by atoms with Crippen molar-refractivity contribution in [2.24, 2.45) is 5.92 Å². The quantitative estimate of drug-likeness (QED) is 0.638. The number of aromatic nitrogens is 1. The molecule has 28 heavy (non-hydrogen) atoms. The van der Waals surface area contributed by atoms with E-state index < -0.39 is 6.04 Å². The van der Waals surface area contributed by atoms with Gasteiger partial charge < -0.3 is 25.3 Å². The molecule has 0 bridgehead atoms. The summed E-state index contributed by atoms with van der Waals surface area (Å²) >= 11 is 0. The second-order valence-electron chi connectivity index (χ2n) is 7.52. The number of amides is 3. The lowest BCUT2D eigenvalue weighted by Crippen LogP contribution is -2.53. The maximum atomic E-state index is 13.2. The largest absolute Gasteiger partial charge is 0.383 e. The Morgan fingerprint density at radius 2 is 2.04 bits per heavy atom. The summed E-state index contributed by atoms with van der Waals surface area (Å²) in [7, 11) is 1.58. The first-order valence-electron chi connectivity index (χ1n) is 9.95. The van der Waals surface area contributed by atoms with Gasteiger partial charge in [-0.3, -0.25) is 4.79 Å². The highest BCUT2D eigenvalue weighted by atomic mass is 16.5. The molecule has 2 aromatic rings. The van der Waals surface area contributed by atoms with E-state index in [-0.39, 0.29) is 11.9 Å². The summed E-state index contributed by atoms with van der Waals surface area (Å²) in [5.41, 5.74) is 2.05. The van der Waals surface area contributed by atoms with Gasteiger partial charge in [-0.1, -0.05) is 25.1 Å². The van der Waals surface area contributed by atoms with E-state index in [0.29, 0.717) is 25.5 Å². The van der Waals surface area contributed by atoms with Crippen molar-refractivity contribution in [3.63, 3.8) is 0 Å². The molecule has 0 unspecified atom stereocenters. The van der Waals surface area contributed by atoms with Crippen LogP contribution in [0, 0.1) is 5.92 Å². The predicted molar refractivity (Wildman–Crippen MR) is 109 cm³/mol. The van der Waals surface area contributed by atoms with Crippen molar-refractivity contribution in [3.8, 4) is 0 Å². The van der Waals surface area contributed by atoms with Gasteiger partial charge in [-0.05, 0) is 30.4 Å². The number of carbonyl (C=O) groups excluding carboxylic acids is 2. The summed E-state index contributed by atoms with van der Waals surface area (Å²) in [4.78, 5) is 30.6. The zero-order valence-electron chi connectivity index (χ0n) is 16.7. The van der Waals surface area contributed by atoms with E-state index in [1.165, 1.54) is 0 Å². The summed E-state index contributed by atoms with van der Waals surface area (Å²) in [5, 5.41) is 6.70. The Balaban J connectivity index is 1.73. The Bertz CT molecular complexity index is 796. The monoisotopic (exact) mass is 386 g/mol. The van der Waals surface area contributed by atoms with E-state index in [1.807, 2.05) is 35.4 Å². The first kappa shape index (κ1) is 20.2. The number of hydrogen-bond donors (Lipinski definition) is 3. The molecule has 3 rings (SSSR count). The molecular weight excluding hydrogens is 356 g/mol. The summed E-state index contributed by atoms with van der Waals surface area (Å²) in [6.45, 7) is 4.54. The SMILES string of the molecule is COCCNC(=O)N[C@@H](Cc1c[nH]c2ccccc12)C(=O)N1CCC(C)CC1. The van der Waals surface area contributed by atoms with Crippen LogP contribution in [-0.4, -0.2) is 61.2 Å². The number of rotatable bonds is 7. The third-order valence-electron chi connectivity index (χ3n) is 5.39. The third kappa shape index (κ3) is 5.04. The Morgan fingerprint density at radius 1 is 1.29 bits per heavy atom. The highest BCUT2D eigenvalue weighted by Gasteiger charge is 2.29. The van der Waals surface area contributed by atoms with Gasteiger partial charge in [0.1, 0.15) is 6.04 Å². The van der Waals surface area contributed by atoms with Crippen LogP contribution in [0.15, 0.2) is 30.5 Å². The molecule has 152 valence electrons. The average Bonchev–Trinajstić information content (AvgIpc) is 3.11. The van der Waals surface area contributed by atoms with E-state index in [2.05, 4.69) is 22.5 Å². The van der Waals surface area contributed by atoms with E-state index in [9.17, 15) is 9.59 Å². The second-order valence-corrected chi connectivity index (χ2v) is 7.52. The van der Waals surface area contributed by atoms with Crippen LogP contribution in [0.25, 0.3) is 10.9 Å². The normalized spacial score (nSPS) is 16.1. The van der Waals surface area contributed by atoms with E-state index in [1.54, 1.807) is 7.11 Å². The van der Waals surface area contributed by atoms with Crippen LogP contribution >= 0.6 is 0 Å². The van der Waals surface area contributed by atoms with Gasteiger partial charge in [-0.15, -0.1) is 0 Å². The number of aromatic amines is 1. The van der Waals surface area contributed by atoms with Crippen LogP contribution in [-0.2, 0) is 16.0 Å². The standard InChI is InChI=1S/C21H30N4O3/c1-15-7-10-25(11-8-15)20(26)19(24-21(27)22-9-12-28-2)13-16-14-23-18-6-4-3-5-17(16)18/h3-6,14-15,19,23H,7-13H2,1-2H3,(H2,22,24,27)/t19-/m0/s1. The molecule has 2 heterocycles. The van der Waals surface area contributed by atoms with Crippen LogP contribution in [0.1, 0.15) is 25.3 Å². The topological polar surface area (TPSA) is 86.5 Å². The highest BCUT2D eigenvalue weighted by molar-refractivity contribution is 5.89. The first-order valence-corrected chi connectivity index (χ1v) is 9.95. The van der Waals surface area contributed by atoms with Crippen LogP contribution in [0.5, 0.6) is 0 Å². The molecule has 1 aromatic heterocycles. The molecule has 1 atom stereocenters. The molecule has 1 fully saturated rings. The van der Waals surface area contributed by atoms with Gasteiger partial charge in [-0.2, -0.15) is 0 Å². The van der Waals surface area contributed by atoms with Crippen LogP contribution in [0.2, 0.25) is 0 Å². The van der Waals surface area contributed by atoms with Crippen molar-refractivity contribution in [3.05, 3.63) is 36.0 Å². The molecule has 0 radical (unpaired) electrons. The number of nitrogens with zero attached hydrogens (tertiary/aromatic N) is 1. The molecule has 1 aliphatic rings. The molecule has 7 nitrogen and oxygen atoms in total. The van der Waals surface area contributed by atoms with Gasteiger partial charge in [0, 0.05) is 50.3 Å². The number of carbonyl (C=O) groups is 2. The number of nitrogens with one attached hydrogen (secondary N) is 3. The van der Waals surface area contributed by atoms with Crippen molar-refractivity contribution >= 4 is 22.8 Å². The number of fused-ring (bicyclic) bond motifs is 1. The summed E-state index contributed by atoms with van der Waals surface area (Å²) < 4.78 is 4.96. The molecule has 0 spiro atoms. The number of para-hydroxylation sites is 1. The highest BCUT2D eigenvalue weighted by Crippen LogP contribution is 2.21. The zero-order valence-corrected chi connectivity index (χ0v) is 16.7. The fourth-order valence-electron chi connectivity index (χ4n) is 3.65. The Kier molecular flexibility index (Phi) is 6.92. The van der Waals surface area contributed by atoms with Crippen molar-refractivity contribution < 1.29 is 14.3 Å². The van der Waals surface area contributed by atoms with E-state index in [4.69, 9.17) is 4.74 Å². The fraction of sp³-hybridized carbons (Fsp3) is 0.524. The lowest BCUT2D eigenvalue weighted by molar-refractivity contribution is -0.134. The maximum absolute atomic E-state index is 13.2. The van der Waals surface area contributed by atoms with Gasteiger partial charge >= 0.3 is 6.03 Å². The maximum Gasteiger partial charge on any atom is 0.315 e. The van der Waals surface area contributed by atoms with Gasteiger partial charge in [-0.25, -0.2) is 4.79 Å². The van der Waals surface area contributed by atoms with Crippen molar-refractivity contribution in [2.75, 3.05) is 33.4 Å². The lowest BCUT2D eigenvalue weighted by Gasteiger charge is -2.33. The minimum atomic E-state index is -0.602. The molecule has 3 amide bonds. The number of likely N-dealkylation sites (tertiary alicyclic amines) is 1. The second kappa shape index (κ2) is 9.59. The molecular formula is C21H30N4O3. The van der Waals surface area contributed by atoms with Gasteiger partial charge in [0.2, 0.25) is 5.91 Å². The van der Waals surface area contributed by atoms with Gasteiger partial charge in [0.05, 0.1) is 6.61 Å². The van der Waals surface area contributed by atoms with Crippen molar-refractivity contribution in [1.29, 1.82) is 0 Å². The average molecular weight is 386 g/mol. The molecule has 1 aliphatic heterocycles. The minimum Gasteiger partial charge on any atom is -0.383 e. The Morgan fingerprint density at radius 3 is 2.79 bits per heavy atom. The number of H-pyrrole nitrogens is 1. The molecule has 1 aromatic carbocycles. The van der Waals surface area contributed by atoms with Crippen molar-refractivity contribution in [2.45, 2.75) is 32.2 Å². The first-order chi connectivity index (χ1) is 13.6. The zero-order chi connectivity index (χ0) is 19.9. The molecule has 0 aliphatic carbocycles. The lowest BCUT2D eigenvalue weighted by atomic mass is 9.97. The Hall–Kier alpha value is -2.54. The summed E-state index contributed by atoms with van der Waals surface area (Å²) in [6, 6.07) is 7.04. The van der Waals surface area contributed by atoms with Crippen LogP contribution in [0.4, 0.5) is 4.79 Å². The van der Waals surface area contributed by atoms with E-state index >= 15 is 0 Å². The molecule has 1 saturated heterocycles. The van der Waals surface area contributed by atoms with Crippen LogP contribution in [0.3, 0.4) is 0 Å². The molecule has 3 N–H and O–H groups in total. The van der Waals surface area contributed by atoms with Crippen LogP contribution < -0.4 is 10.6 Å². The Labute approximate surface area is 165 Å². The summed E-state index contributed by atoms with van der Waals surface area (Å²) in [6.07, 6.45) is 4.39. The molecule has 7 heteroatoms.